The molecule has 0 aromatic heterocycles. The Morgan fingerprint density at radius 2 is 1.61 bits per heavy atom. The zero-order valence-corrected chi connectivity index (χ0v) is 10.4. The smallest absolute Gasteiger partial charge is 0.210 e. The molecule has 18 heavy (non-hydrogen) atoms. The van der Waals surface area contributed by atoms with E-state index < -0.39 is 15.7 Å². The van der Waals surface area contributed by atoms with Crippen molar-refractivity contribution in [3.05, 3.63) is 54.3 Å². The van der Waals surface area contributed by atoms with Crippen LogP contribution in [0, 0.1) is 5.82 Å². The Balaban J connectivity index is 2.58. The Hall–Kier alpha value is -1.88. The molecule has 0 bridgehead atoms. The molecule has 5 heteroatoms. The van der Waals surface area contributed by atoms with Crippen LogP contribution in [0.2, 0.25) is 0 Å². The van der Waals surface area contributed by atoms with Crippen molar-refractivity contribution in [2.75, 3.05) is 7.11 Å². The van der Waals surface area contributed by atoms with Gasteiger partial charge >= 0.3 is 0 Å². The van der Waals surface area contributed by atoms with Crippen molar-refractivity contribution in [3.63, 3.8) is 0 Å². The van der Waals surface area contributed by atoms with E-state index in [0.29, 0.717) is 0 Å². The predicted octanol–water partition coefficient (Wildman–Crippen LogP) is 2.67. The molecule has 3 nitrogen and oxygen atoms in total. The van der Waals surface area contributed by atoms with Crippen LogP contribution in [-0.4, -0.2) is 15.5 Å². The van der Waals surface area contributed by atoms with Crippen LogP contribution in [0.4, 0.5) is 4.39 Å². The van der Waals surface area contributed by atoms with E-state index in [1.165, 1.54) is 25.3 Å². The van der Waals surface area contributed by atoms with Crippen LogP contribution < -0.4 is 4.74 Å². The Bertz CT molecular complexity index is 648. The van der Waals surface area contributed by atoms with E-state index in [1.54, 1.807) is 18.2 Å². The summed E-state index contributed by atoms with van der Waals surface area (Å²) < 4.78 is 42.5. The standard InChI is InChI=1S/C13H11FO3S/c1-17-12-4-2-3-5-13(12)18(15,16)11-8-6-10(14)7-9-11/h2-9H,1H3. The van der Waals surface area contributed by atoms with Crippen LogP contribution in [0.15, 0.2) is 58.3 Å². The predicted molar refractivity (Wildman–Crippen MR) is 64.8 cm³/mol. The topological polar surface area (TPSA) is 43.4 Å². The number of hydrogen-bond acceptors (Lipinski definition) is 3. The molecule has 0 amide bonds. The van der Waals surface area contributed by atoms with Gasteiger partial charge in [0, 0.05) is 0 Å². The molecule has 0 aliphatic carbocycles. The summed E-state index contributed by atoms with van der Waals surface area (Å²) in [6.45, 7) is 0. The number of hydrogen-bond donors (Lipinski definition) is 0. The maximum Gasteiger partial charge on any atom is 0.210 e. The molecule has 2 aromatic carbocycles. The van der Waals surface area contributed by atoms with Crippen LogP contribution in [-0.2, 0) is 9.84 Å². The van der Waals surface area contributed by atoms with E-state index in [1.807, 2.05) is 0 Å². The van der Waals surface area contributed by atoms with Crippen LogP contribution in [0.5, 0.6) is 5.75 Å². The molecule has 0 fully saturated rings. The molecule has 0 heterocycles. The highest BCUT2D eigenvalue weighted by atomic mass is 32.2. The van der Waals surface area contributed by atoms with Crippen molar-refractivity contribution in [3.8, 4) is 5.75 Å². The normalized spacial score (nSPS) is 11.2. The number of halogens is 1. The quantitative estimate of drug-likeness (QED) is 0.802. The summed E-state index contributed by atoms with van der Waals surface area (Å²) >= 11 is 0. The van der Waals surface area contributed by atoms with Crippen molar-refractivity contribution in [2.24, 2.45) is 0 Å². The molecule has 0 radical (unpaired) electrons. The summed E-state index contributed by atoms with van der Waals surface area (Å²) in [6.07, 6.45) is 0. The average Bonchev–Trinajstić information content (AvgIpc) is 2.39. The van der Waals surface area contributed by atoms with Gasteiger partial charge in [-0.05, 0) is 36.4 Å². The molecule has 0 aliphatic rings. The summed E-state index contributed by atoms with van der Waals surface area (Å²) in [7, 11) is -2.29. The van der Waals surface area contributed by atoms with Gasteiger partial charge in [-0.2, -0.15) is 0 Å². The molecule has 0 atom stereocenters. The summed E-state index contributed by atoms with van der Waals surface area (Å²) in [5.41, 5.74) is 0. The van der Waals surface area contributed by atoms with E-state index >= 15 is 0 Å². The minimum Gasteiger partial charge on any atom is -0.495 e. The molecule has 2 rings (SSSR count). The van der Waals surface area contributed by atoms with Gasteiger partial charge in [0.15, 0.2) is 0 Å². The van der Waals surface area contributed by atoms with Crippen LogP contribution in [0.3, 0.4) is 0 Å². The second kappa shape index (κ2) is 4.78. The van der Waals surface area contributed by atoms with Crippen LogP contribution >= 0.6 is 0 Å². The van der Waals surface area contributed by atoms with Gasteiger partial charge in [0.05, 0.1) is 12.0 Å². The van der Waals surface area contributed by atoms with Gasteiger partial charge in [-0.3, -0.25) is 0 Å². The fraction of sp³-hybridized carbons (Fsp3) is 0.0769. The lowest BCUT2D eigenvalue weighted by atomic mass is 10.3. The number of sulfone groups is 1. The second-order valence-corrected chi connectivity index (χ2v) is 5.53. The third-order valence-corrected chi connectivity index (χ3v) is 4.29. The highest BCUT2D eigenvalue weighted by molar-refractivity contribution is 7.91. The Morgan fingerprint density at radius 3 is 2.22 bits per heavy atom. The number of rotatable bonds is 3. The Kier molecular flexibility index (Phi) is 3.34. The third kappa shape index (κ3) is 2.22. The largest absolute Gasteiger partial charge is 0.495 e. The molecule has 2 aromatic rings. The number of ether oxygens (including phenoxy) is 1. The fourth-order valence-electron chi connectivity index (χ4n) is 1.58. The van der Waals surface area contributed by atoms with Gasteiger partial charge in [-0.1, -0.05) is 12.1 Å². The number of benzene rings is 2. The highest BCUT2D eigenvalue weighted by Gasteiger charge is 2.21. The summed E-state index contributed by atoms with van der Waals surface area (Å²) in [5, 5.41) is 0. The molecule has 94 valence electrons. The fourth-order valence-corrected chi connectivity index (χ4v) is 3.00. The summed E-state index contributed by atoms with van der Waals surface area (Å²) in [4.78, 5) is 0.104. The van der Waals surface area contributed by atoms with E-state index in [0.717, 1.165) is 12.1 Å². The van der Waals surface area contributed by atoms with E-state index in [4.69, 9.17) is 4.74 Å². The first-order valence-electron chi connectivity index (χ1n) is 5.19. The number of methoxy groups -OCH3 is 1. The lowest BCUT2D eigenvalue weighted by molar-refractivity contribution is 0.402. The van der Waals surface area contributed by atoms with Crippen molar-refractivity contribution in [1.82, 2.24) is 0 Å². The van der Waals surface area contributed by atoms with Gasteiger partial charge < -0.3 is 4.74 Å². The van der Waals surface area contributed by atoms with Crippen LogP contribution in [0.25, 0.3) is 0 Å². The SMILES string of the molecule is COc1ccccc1S(=O)(=O)c1ccc(F)cc1. The molecule has 0 aliphatic heterocycles. The van der Waals surface area contributed by atoms with Crippen molar-refractivity contribution >= 4 is 9.84 Å². The van der Waals surface area contributed by atoms with Gasteiger partial charge in [0.1, 0.15) is 16.5 Å². The monoisotopic (exact) mass is 266 g/mol. The van der Waals surface area contributed by atoms with E-state index in [-0.39, 0.29) is 15.5 Å². The maximum absolute atomic E-state index is 12.8. The van der Waals surface area contributed by atoms with Crippen molar-refractivity contribution < 1.29 is 17.5 Å². The van der Waals surface area contributed by atoms with Crippen LogP contribution in [0.1, 0.15) is 0 Å². The minimum absolute atomic E-state index is 0.0356. The Labute approximate surface area is 105 Å². The Morgan fingerprint density at radius 1 is 1.00 bits per heavy atom. The molecule has 0 N–H and O–H groups in total. The minimum atomic E-state index is -3.69. The lowest BCUT2D eigenvalue weighted by Gasteiger charge is -2.09. The highest BCUT2D eigenvalue weighted by Crippen LogP contribution is 2.28. The average molecular weight is 266 g/mol. The van der Waals surface area contributed by atoms with Gasteiger partial charge in [-0.25, -0.2) is 12.8 Å². The zero-order valence-electron chi connectivity index (χ0n) is 9.63. The number of para-hydroxylation sites is 1. The first kappa shape index (κ1) is 12.6. The van der Waals surface area contributed by atoms with Gasteiger partial charge in [0.2, 0.25) is 9.84 Å². The molecule has 0 spiro atoms. The third-order valence-electron chi connectivity index (χ3n) is 2.48. The van der Waals surface area contributed by atoms with Crippen molar-refractivity contribution in [1.29, 1.82) is 0 Å². The summed E-state index contributed by atoms with van der Waals surface area (Å²) in [6, 6.07) is 11.0. The first-order chi connectivity index (χ1) is 8.55. The van der Waals surface area contributed by atoms with E-state index in [9.17, 15) is 12.8 Å². The van der Waals surface area contributed by atoms with E-state index in [2.05, 4.69) is 0 Å². The van der Waals surface area contributed by atoms with Gasteiger partial charge in [0.25, 0.3) is 0 Å². The first-order valence-corrected chi connectivity index (χ1v) is 6.67. The molecule has 0 unspecified atom stereocenters. The summed E-state index contributed by atoms with van der Waals surface area (Å²) in [5.74, 6) is -0.212. The molecular formula is C13H11FO3S. The van der Waals surface area contributed by atoms with Crippen molar-refractivity contribution in [2.45, 2.75) is 9.79 Å². The lowest BCUT2D eigenvalue weighted by Crippen LogP contribution is -2.04. The molecule has 0 saturated heterocycles. The second-order valence-electron chi connectivity index (χ2n) is 3.61. The van der Waals surface area contributed by atoms with Gasteiger partial charge in [-0.15, -0.1) is 0 Å². The molecule has 0 saturated carbocycles. The maximum atomic E-state index is 12.8. The molecular weight excluding hydrogens is 255 g/mol. The zero-order chi connectivity index (χ0) is 13.2.